The van der Waals surface area contributed by atoms with Crippen molar-refractivity contribution in [3.05, 3.63) is 94.7 Å². The normalized spacial score (nSPS) is 12.6. The number of benzene rings is 2. The van der Waals surface area contributed by atoms with Crippen LogP contribution in [-0.2, 0) is 25.7 Å². The van der Waals surface area contributed by atoms with Crippen LogP contribution < -0.4 is 0 Å². The molecule has 4 nitrogen and oxygen atoms in total. The molecule has 0 fully saturated rings. The summed E-state index contributed by atoms with van der Waals surface area (Å²) in [5.74, 6) is 0.859. The molecule has 0 bridgehead atoms. The molecule has 0 radical (unpaired) electrons. The van der Waals surface area contributed by atoms with Gasteiger partial charge in [0.1, 0.15) is 5.82 Å². The van der Waals surface area contributed by atoms with E-state index in [1.54, 1.807) is 0 Å². The average molecular weight is 352 g/mol. The van der Waals surface area contributed by atoms with Crippen molar-refractivity contribution in [3.8, 4) is 0 Å². The number of aromatic amines is 1. The van der Waals surface area contributed by atoms with E-state index in [9.17, 15) is 0 Å². The summed E-state index contributed by atoms with van der Waals surface area (Å²) >= 11 is 0. The van der Waals surface area contributed by atoms with Gasteiger partial charge in [0, 0.05) is 23.7 Å². The summed E-state index contributed by atoms with van der Waals surface area (Å²) in [7, 11) is 0. The predicted octanol–water partition coefficient (Wildman–Crippen LogP) is 4.30. The molecule has 1 aliphatic rings. The number of hydrogen-bond donors (Lipinski definition) is 1. The zero-order chi connectivity index (χ0) is 18.1. The summed E-state index contributed by atoms with van der Waals surface area (Å²) in [6.07, 6.45) is 11.9. The van der Waals surface area contributed by atoms with Crippen LogP contribution in [0, 0.1) is 0 Å². The quantitative estimate of drug-likeness (QED) is 0.583. The van der Waals surface area contributed by atoms with E-state index in [-0.39, 0.29) is 0 Å². The van der Waals surface area contributed by atoms with Crippen LogP contribution in [0.15, 0.2) is 60.9 Å². The highest BCUT2D eigenvalue weighted by atomic mass is 15.1. The highest BCUT2D eigenvalue weighted by Crippen LogP contribution is 2.22. The average Bonchev–Trinajstić information content (AvgIpc) is 3.36. The van der Waals surface area contributed by atoms with Gasteiger partial charge in [-0.15, -0.1) is 0 Å². The Kier molecular flexibility index (Phi) is 4.02. The first-order chi connectivity index (χ1) is 13.3. The van der Waals surface area contributed by atoms with Gasteiger partial charge in [0.25, 0.3) is 0 Å². The first kappa shape index (κ1) is 15.9. The molecule has 0 aliphatic heterocycles. The Balaban J connectivity index is 1.32. The Bertz CT molecular complexity index is 1140. The third-order valence-corrected chi connectivity index (χ3v) is 5.20. The molecule has 4 aromatic rings. The van der Waals surface area contributed by atoms with Gasteiger partial charge in [0.15, 0.2) is 0 Å². The van der Waals surface area contributed by atoms with E-state index in [0.717, 1.165) is 41.7 Å². The molecular formula is C23H20N4. The van der Waals surface area contributed by atoms with E-state index < -0.39 is 0 Å². The van der Waals surface area contributed by atoms with Crippen LogP contribution in [-0.4, -0.2) is 20.2 Å². The van der Waals surface area contributed by atoms with Crippen molar-refractivity contribution in [2.45, 2.75) is 25.7 Å². The zero-order valence-electron chi connectivity index (χ0n) is 15.0. The number of nitrogens with one attached hydrogen (secondary N) is 1. The van der Waals surface area contributed by atoms with Gasteiger partial charge in [0.2, 0.25) is 0 Å². The molecule has 2 aromatic carbocycles. The van der Waals surface area contributed by atoms with Crippen molar-refractivity contribution in [3.63, 3.8) is 0 Å². The molecular weight excluding hydrogens is 332 g/mol. The summed E-state index contributed by atoms with van der Waals surface area (Å²) < 4.78 is 0. The minimum atomic E-state index is 0.717. The topological polar surface area (TPSA) is 54.5 Å². The predicted molar refractivity (Wildman–Crippen MR) is 108 cm³/mol. The number of hydrogen-bond acceptors (Lipinski definition) is 3. The van der Waals surface area contributed by atoms with Gasteiger partial charge in [-0.25, -0.2) is 9.97 Å². The number of nitrogens with zero attached hydrogens (tertiary/aromatic N) is 3. The lowest BCUT2D eigenvalue weighted by molar-refractivity contribution is 0.860. The molecule has 0 amide bonds. The van der Waals surface area contributed by atoms with Crippen LogP contribution >= 0.6 is 0 Å². The zero-order valence-corrected chi connectivity index (χ0v) is 15.0. The number of rotatable bonds is 5. The van der Waals surface area contributed by atoms with Crippen molar-refractivity contribution in [1.29, 1.82) is 0 Å². The molecule has 132 valence electrons. The van der Waals surface area contributed by atoms with Crippen molar-refractivity contribution in [2.24, 2.45) is 0 Å². The molecule has 1 N–H and O–H groups in total. The van der Waals surface area contributed by atoms with Gasteiger partial charge in [0.05, 0.1) is 11.7 Å². The molecule has 27 heavy (non-hydrogen) atoms. The van der Waals surface area contributed by atoms with Crippen LogP contribution in [0.4, 0.5) is 0 Å². The Morgan fingerprint density at radius 3 is 3.04 bits per heavy atom. The fourth-order valence-corrected chi connectivity index (χ4v) is 3.75. The van der Waals surface area contributed by atoms with Crippen LogP contribution in [0.1, 0.15) is 33.8 Å². The molecule has 0 spiro atoms. The molecule has 0 saturated heterocycles. The Labute approximate surface area is 158 Å². The van der Waals surface area contributed by atoms with Crippen LogP contribution in [0.2, 0.25) is 0 Å². The second-order valence-electron chi connectivity index (χ2n) is 7.03. The summed E-state index contributed by atoms with van der Waals surface area (Å²) in [4.78, 5) is 9.27. The fourth-order valence-electron chi connectivity index (χ4n) is 3.75. The molecule has 2 aromatic heterocycles. The summed E-state index contributed by atoms with van der Waals surface area (Å²) in [5.41, 5.74) is 7.50. The van der Waals surface area contributed by atoms with Crippen LogP contribution in [0.3, 0.4) is 0 Å². The molecule has 0 atom stereocenters. The molecule has 4 heteroatoms. The van der Waals surface area contributed by atoms with Crippen molar-refractivity contribution < 1.29 is 0 Å². The number of fused-ring (bicyclic) bond motifs is 2. The van der Waals surface area contributed by atoms with Gasteiger partial charge in [-0.1, -0.05) is 42.5 Å². The lowest BCUT2D eigenvalue weighted by Gasteiger charge is -2.07. The van der Waals surface area contributed by atoms with E-state index >= 15 is 0 Å². The summed E-state index contributed by atoms with van der Waals surface area (Å²) in [6.45, 7) is 0. The maximum atomic E-state index is 4.79. The number of H-pyrrole nitrogens is 1. The van der Waals surface area contributed by atoms with Gasteiger partial charge in [-0.05, 0) is 53.6 Å². The van der Waals surface area contributed by atoms with Crippen molar-refractivity contribution >= 4 is 17.0 Å². The SMILES string of the molecule is C1=Cc2cc(CCc3ccnc(Cc4cccc5[nH]ncc45)n3)ccc2C1. The van der Waals surface area contributed by atoms with E-state index in [2.05, 4.69) is 51.6 Å². The largest absolute Gasteiger partial charge is 0.278 e. The lowest BCUT2D eigenvalue weighted by Crippen LogP contribution is -2.02. The van der Waals surface area contributed by atoms with Gasteiger partial charge in [-0.2, -0.15) is 5.10 Å². The van der Waals surface area contributed by atoms with Gasteiger partial charge < -0.3 is 0 Å². The first-order valence-electron chi connectivity index (χ1n) is 9.35. The monoisotopic (exact) mass is 352 g/mol. The minimum Gasteiger partial charge on any atom is -0.278 e. The second-order valence-corrected chi connectivity index (χ2v) is 7.03. The highest BCUT2D eigenvalue weighted by molar-refractivity contribution is 5.81. The van der Waals surface area contributed by atoms with E-state index in [1.807, 2.05) is 30.6 Å². The van der Waals surface area contributed by atoms with Crippen molar-refractivity contribution in [2.75, 3.05) is 0 Å². The maximum absolute atomic E-state index is 4.79. The van der Waals surface area contributed by atoms with Gasteiger partial charge >= 0.3 is 0 Å². The third kappa shape index (κ3) is 3.26. The second kappa shape index (κ2) is 6.80. The molecule has 0 unspecified atom stereocenters. The highest BCUT2D eigenvalue weighted by Gasteiger charge is 2.08. The number of aromatic nitrogens is 4. The molecule has 2 heterocycles. The Morgan fingerprint density at radius 2 is 2.04 bits per heavy atom. The summed E-state index contributed by atoms with van der Waals surface area (Å²) in [5, 5.41) is 8.29. The Hall–Kier alpha value is -3.27. The van der Waals surface area contributed by atoms with Crippen LogP contribution in [0.25, 0.3) is 17.0 Å². The first-order valence-corrected chi connectivity index (χ1v) is 9.35. The molecule has 5 rings (SSSR count). The van der Waals surface area contributed by atoms with Crippen LogP contribution in [0.5, 0.6) is 0 Å². The maximum Gasteiger partial charge on any atom is 0.132 e. The fraction of sp³-hybridized carbons (Fsp3) is 0.174. The van der Waals surface area contributed by atoms with E-state index in [4.69, 9.17) is 4.98 Å². The smallest absolute Gasteiger partial charge is 0.132 e. The Morgan fingerprint density at radius 1 is 1.04 bits per heavy atom. The molecule has 0 saturated carbocycles. The standard InChI is InChI=1S/C23H20N4/c1-3-17-9-7-16(13-18(17)4-1)8-10-20-11-12-24-23(26-20)14-19-5-2-6-22-21(19)15-25-27-22/h1-2,4-7,9,11-13,15H,3,8,10,14H2,(H,25,27). The van der Waals surface area contributed by atoms with E-state index in [0.29, 0.717) is 6.42 Å². The third-order valence-electron chi connectivity index (χ3n) is 5.20. The molecule has 1 aliphatic carbocycles. The van der Waals surface area contributed by atoms with E-state index in [1.165, 1.54) is 22.3 Å². The van der Waals surface area contributed by atoms with Gasteiger partial charge in [-0.3, -0.25) is 5.10 Å². The summed E-state index contributed by atoms with van der Waals surface area (Å²) in [6, 6.07) is 15.0. The number of allylic oxidation sites excluding steroid dienone is 1. The number of aryl methyl sites for hydroxylation is 2. The minimum absolute atomic E-state index is 0.717. The lowest BCUT2D eigenvalue weighted by atomic mass is 10.0. The van der Waals surface area contributed by atoms with Crippen molar-refractivity contribution in [1.82, 2.24) is 20.2 Å².